The van der Waals surface area contributed by atoms with Crippen LogP contribution in [0.3, 0.4) is 0 Å². The molecule has 0 spiro atoms. The van der Waals surface area contributed by atoms with Gasteiger partial charge >= 0.3 is 0 Å². The van der Waals surface area contributed by atoms with Crippen molar-refractivity contribution in [3.8, 4) is 16.9 Å². The Kier molecular flexibility index (Phi) is 6.83. The second kappa shape index (κ2) is 10.2. The van der Waals surface area contributed by atoms with Gasteiger partial charge < -0.3 is 18.6 Å². The van der Waals surface area contributed by atoms with Crippen LogP contribution in [0.25, 0.3) is 22.3 Å². The van der Waals surface area contributed by atoms with E-state index < -0.39 is 0 Å². The Balaban J connectivity index is 1.47. The predicted molar refractivity (Wildman–Crippen MR) is 135 cm³/mol. The monoisotopic (exact) mass is 475 g/mol. The standard InChI is InChI=1S/C27H33N5O3/c1-18(31-11-13-34-14-12-31)17-32-25(10-7-21-5-8-23(33-4)9-6-21)29-24-15-22(16-28-27(24)32)26-19(2)30-35-20(26)3/h5-6,8-9,15-16,18H,7,10-14,17H2,1-4H3. The molecule has 1 unspecified atom stereocenters. The van der Waals surface area contributed by atoms with Gasteiger partial charge in [-0.2, -0.15) is 0 Å². The van der Waals surface area contributed by atoms with E-state index in [2.05, 4.69) is 39.7 Å². The normalized spacial score (nSPS) is 15.5. The van der Waals surface area contributed by atoms with Crippen molar-refractivity contribution >= 4 is 11.2 Å². The van der Waals surface area contributed by atoms with Crippen molar-refractivity contribution in [3.63, 3.8) is 0 Å². The van der Waals surface area contributed by atoms with E-state index in [4.69, 9.17) is 24.0 Å². The van der Waals surface area contributed by atoms with Gasteiger partial charge in [0.25, 0.3) is 0 Å². The number of imidazole rings is 1. The van der Waals surface area contributed by atoms with E-state index in [0.717, 1.165) is 91.0 Å². The molecule has 184 valence electrons. The topological polar surface area (TPSA) is 78.4 Å². The minimum atomic E-state index is 0.361. The summed E-state index contributed by atoms with van der Waals surface area (Å²) in [6, 6.07) is 10.7. The second-order valence-electron chi connectivity index (χ2n) is 9.25. The molecule has 8 heteroatoms. The zero-order valence-electron chi connectivity index (χ0n) is 21.0. The largest absolute Gasteiger partial charge is 0.497 e. The van der Waals surface area contributed by atoms with E-state index in [9.17, 15) is 0 Å². The average Bonchev–Trinajstić information content (AvgIpc) is 3.41. The van der Waals surface area contributed by atoms with Crippen LogP contribution < -0.4 is 4.74 Å². The van der Waals surface area contributed by atoms with Crippen LogP contribution in [-0.2, 0) is 24.1 Å². The molecule has 1 atom stereocenters. The molecular formula is C27H33N5O3. The van der Waals surface area contributed by atoms with Crippen LogP contribution in [0.2, 0.25) is 0 Å². The maximum Gasteiger partial charge on any atom is 0.160 e. The summed E-state index contributed by atoms with van der Waals surface area (Å²) in [6.45, 7) is 10.5. The molecule has 1 fully saturated rings. The van der Waals surface area contributed by atoms with Crippen molar-refractivity contribution in [3.05, 3.63) is 59.4 Å². The Morgan fingerprint density at radius 2 is 1.86 bits per heavy atom. The number of aryl methyl sites for hydroxylation is 4. The molecule has 0 bridgehead atoms. The summed E-state index contributed by atoms with van der Waals surface area (Å²) < 4.78 is 18.5. The molecule has 4 aromatic rings. The van der Waals surface area contributed by atoms with Crippen LogP contribution in [0.1, 0.15) is 29.8 Å². The first-order chi connectivity index (χ1) is 17.0. The first-order valence-corrected chi connectivity index (χ1v) is 12.3. The minimum absolute atomic E-state index is 0.361. The molecule has 0 amide bonds. The Labute approximate surface area is 205 Å². The van der Waals surface area contributed by atoms with Gasteiger partial charge in [-0.05, 0) is 51.0 Å². The Morgan fingerprint density at radius 3 is 2.54 bits per heavy atom. The molecule has 4 heterocycles. The van der Waals surface area contributed by atoms with Crippen molar-refractivity contribution in [1.29, 1.82) is 0 Å². The van der Waals surface area contributed by atoms with Crippen molar-refractivity contribution in [1.82, 2.24) is 24.6 Å². The van der Waals surface area contributed by atoms with Crippen LogP contribution in [-0.4, -0.2) is 64.0 Å². The fourth-order valence-electron chi connectivity index (χ4n) is 4.92. The zero-order chi connectivity index (χ0) is 24.4. The highest BCUT2D eigenvalue weighted by molar-refractivity contribution is 5.80. The molecule has 1 aliphatic heterocycles. The molecule has 8 nitrogen and oxygen atoms in total. The number of ether oxygens (including phenoxy) is 2. The summed E-state index contributed by atoms with van der Waals surface area (Å²) in [6.07, 6.45) is 3.65. The minimum Gasteiger partial charge on any atom is -0.497 e. The van der Waals surface area contributed by atoms with Gasteiger partial charge in [0.2, 0.25) is 0 Å². The average molecular weight is 476 g/mol. The van der Waals surface area contributed by atoms with Gasteiger partial charge in [0, 0.05) is 49.4 Å². The second-order valence-corrected chi connectivity index (χ2v) is 9.25. The quantitative estimate of drug-likeness (QED) is 0.378. The van der Waals surface area contributed by atoms with E-state index in [0.29, 0.717) is 6.04 Å². The van der Waals surface area contributed by atoms with E-state index in [-0.39, 0.29) is 0 Å². The van der Waals surface area contributed by atoms with Gasteiger partial charge in [0.05, 0.1) is 26.0 Å². The summed E-state index contributed by atoms with van der Waals surface area (Å²) in [5, 5.41) is 4.11. The number of benzene rings is 1. The molecule has 0 N–H and O–H groups in total. The SMILES string of the molecule is COc1ccc(CCc2nc3cc(-c4c(C)noc4C)cnc3n2CC(C)N2CCOCC2)cc1. The van der Waals surface area contributed by atoms with Crippen LogP contribution in [0.15, 0.2) is 41.1 Å². The first-order valence-electron chi connectivity index (χ1n) is 12.3. The van der Waals surface area contributed by atoms with Gasteiger partial charge in [0.15, 0.2) is 5.65 Å². The number of morpholine rings is 1. The van der Waals surface area contributed by atoms with Crippen LogP contribution in [0.5, 0.6) is 5.75 Å². The Morgan fingerprint density at radius 1 is 1.09 bits per heavy atom. The van der Waals surface area contributed by atoms with Gasteiger partial charge in [-0.15, -0.1) is 0 Å². The summed E-state index contributed by atoms with van der Waals surface area (Å²) in [4.78, 5) is 12.4. The molecule has 0 saturated carbocycles. The number of hydrogen-bond donors (Lipinski definition) is 0. The molecule has 5 rings (SSSR count). The smallest absolute Gasteiger partial charge is 0.160 e. The molecule has 0 aliphatic carbocycles. The lowest BCUT2D eigenvalue weighted by atomic mass is 10.1. The lowest BCUT2D eigenvalue weighted by molar-refractivity contribution is 0.0170. The van der Waals surface area contributed by atoms with Gasteiger partial charge in [-0.25, -0.2) is 9.97 Å². The molecule has 1 aliphatic rings. The summed E-state index contributed by atoms with van der Waals surface area (Å²) in [5.74, 6) is 2.72. The maximum atomic E-state index is 5.56. The highest BCUT2D eigenvalue weighted by atomic mass is 16.5. The van der Waals surface area contributed by atoms with E-state index >= 15 is 0 Å². The molecule has 0 radical (unpaired) electrons. The Bertz CT molecular complexity index is 1270. The van der Waals surface area contributed by atoms with Crippen molar-refractivity contribution in [2.75, 3.05) is 33.4 Å². The number of hydrogen-bond acceptors (Lipinski definition) is 7. The fraction of sp³-hybridized carbons (Fsp3) is 0.444. The molecule has 3 aromatic heterocycles. The van der Waals surface area contributed by atoms with Gasteiger partial charge in [-0.3, -0.25) is 4.90 Å². The molecule has 1 aromatic carbocycles. The zero-order valence-corrected chi connectivity index (χ0v) is 21.0. The van der Waals surface area contributed by atoms with Gasteiger partial charge in [0.1, 0.15) is 22.9 Å². The number of nitrogens with zero attached hydrogens (tertiary/aromatic N) is 5. The first kappa shape index (κ1) is 23.5. The number of fused-ring (bicyclic) bond motifs is 1. The molecule has 1 saturated heterocycles. The van der Waals surface area contributed by atoms with E-state index in [1.54, 1.807) is 7.11 Å². The lowest BCUT2D eigenvalue weighted by Gasteiger charge is -2.32. The molecular weight excluding hydrogens is 442 g/mol. The fourth-order valence-corrected chi connectivity index (χ4v) is 4.92. The number of rotatable bonds is 8. The van der Waals surface area contributed by atoms with E-state index in [1.165, 1.54) is 5.56 Å². The van der Waals surface area contributed by atoms with Crippen LogP contribution >= 0.6 is 0 Å². The van der Waals surface area contributed by atoms with Gasteiger partial charge in [-0.1, -0.05) is 17.3 Å². The van der Waals surface area contributed by atoms with Crippen molar-refractivity contribution in [2.24, 2.45) is 0 Å². The third-order valence-corrected chi connectivity index (χ3v) is 6.90. The summed E-state index contributed by atoms with van der Waals surface area (Å²) in [5.41, 5.74) is 5.93. The number of methoxy groups -OCH3 is 1. The number of pyridine rings is 1. The Hall–Kier alpha value is -3.23. The highest BCUT2D eigenvalue weighted by Gasteiger charge is 2.22. The number of aromatic nitrogens is 4. The third kappa shape index (κ3) is 4.94. The van der Waals surface area contributed by atoms with E-state index in [1.807, 2.05) is 32.2 Å². The van der Waals surface area contributed by atoms with Crippen molar-refractivity contribution < 1.29 is 14.0 Å². The lowest BCUT2D eigenvalue weighted by Crippen LogP contribution is -2.44. The molecule has 35 heavy (non-hydrogen) atoms. The van der Waals surface area contributed by atoms with Crippen molar-refractivity contribution in [2.45, 2.75) is 46.2 Å². The highest BCUT2D eigenvalue weighted by Crippen LogP contribution is 2.29. The van der Waals surface area contributed by atoms with Crippen LogP contribution in [0.4, 0.5) is 0 Å². The third-order valence-electron chi connectivity index (χ3n) is 6.90. The predicted octanol–water partition coefficient (Wildman–Crippen LogP) is 4.22. The summed E-state index contributed by atoms with van der Waals surface area (Å²) >= 11 is 0. The van der Waals surface area contributed by atoms with Crippen LogP contribution in [0, 0.1) is 13.8 Å². The maximum absolute atomic E-state index is 5.56. The summed E-state index contributed by atoms with van der Waals surface area (Å²) in [7, 11) is 1.69.